The lowest BCUT2D eigenvalue weighted by molar-refractivity contribution is -0.287. The van der Waals surface area contributed by atoms with Crippen molar-refractivity contribution in [2.45, 2.75) is 127 Å². The first-order valence-corrected chi connectivity index (χ1v) is 18.4. The average molecular weight is 788 g/mol. The number of esters is 1. The number of hydrogen-bond donors (Lipinski definition) is 6. The highest BCUT2D eigenvalue weighted by molar-refractivity contribution is 5.93. The van der Waals surface area contributed by atoms with E-state index in [0.717, 1.165) is 0 Å². The monoisotopic (exact) mass is 787 g/mol. The van der Waals surface area contributed by atoms with E-state index in [4.69, 9.17) is 23.7 Å². The largest absolute Gasteiger partial charge is 0.514 e. The first kappa shape index (κ1) is 43.9. The van der Waals surface area contributed by atoms with Gasteiger partial charge in [-0.1, -0.05) is 42.5 Å². The molecular formula is C39H53N3O14. The smallest absolute Gasteiger partial charge is 0.461 e. The molecule has 2 aliphatic rings. The van der Waals surface area contributed by atoms with Gasteiger partial charge in [0, 0.05) is 19.4 Å². The van der Waals surface area contributed by atoms with Crippen molar-refractivity contribution < 1.29 is 68.1 Å². The first-order chi connectivity index (χ1) is 26.2. The molecule has 56 heavy (non-hydrogen) atoms. The fraction of sp³-hybridized carbons (Fsp3) is 0.564. The van der Waals surface area contributed by atoms with E-state index in [1.807, 2.05) is 0 Å². The Morgan fingerprint density at radius 3 is 2.02 bits per heavy atom. The zero-order valence-electron chi connectivity index (χ0n) is 32.4. The van der Waals surface area contributed by atoms with Crippen LogP contribution in [0.4, 0.5) is 9.59 Å². The highest BCUT2D eigenvalue weighted by Crippen LogP contribution is 2.23. The Morgan fingerprint density at radius 1 is 0.786 bits per heavy atom. The number of aliphatic hydroxyl groups excluding tert-OH is 4. The summed E-state index contributed by atoms with van der Waals surface area (Å²) >= 11 is 0. The Hall–Kier alpha value is -4.81. The molecule has 2 aliphatic heterocycles. The zero-order chi connectivity index (χ0) is 41.4. The summed E-state index contributed by atoms with van der Waals surface area (Å²) in [6, 6.07) is 11.5. The van der Waals surface area contributed by atoms with Crippen molar-refractivity contribution in [2.24, 2.45) is 0 Å². The molecule has 3 amide bonds. The minimum Gasteiger partial charge on any atom is -0.461 e. The maximum Gasteiger partial charge on any atom is 0.514 e. The molecule has 6 N–H and O–H groups in total. The van der Waals surface area contributed by atoms with Crippen molar-refractivity contribution in [1.82, 2.24) is 15.5 Å². The number of ether oxygens (including phenoxy) is 5. The molecule has 308 valence electrons. The molecular weight excluding hydrogens is 734 g/mol. The molecule has 0 aromatic heterocycles. The average Bonchev–Trinajstić information content (AvgIpc) is 3.61. The van der Waals surface area contributed by atoms with Gasteiger partial charge >= 0.3 is 18.2 Å². The van der Waals surface area contributed by atoms with Gasteiger partial charge in [-0.15, -0.1) is 0 Å². The number of rotatable bonds is 12. The lowest BCUT2D eigenvalue weighted by atomic mass is 9.99. The predicted octanol–water partition coefficient (Wildman–Crippen LogP) is 1.50. The van der Waals surface area contributed by atoms with Crippen LogP contribution in [0.1, 0.15) is 65.5 Å². The summed E-state index contributed by atoms with van der Waals surface area (Å²) in [5.41, 5.74) is -0.380. The van der Waals surface area contributed by atoms with E-state index in [0.29, 0.717) is 17.5 Å². The second-order valence-electron chi connectivity index (χ2n) is 15.7. The highest BCUT2D eigenvalue weighted by atomic mass is 16.7. The van der Waals surface area contributed by atoms with Crippen molar-refractivity contribution in [3.05, 3.63) is 65.7 Å². The fourth-order valence-electron chi connectivity index (χ4n) is 6.09. The predicted molar refractivity (Wildman–Crippen MR) is 197 cm³/mol. The lowest BCUT2D eigenvalue weighted by Crippen LogP contribution is -2.59. The number of carbonyl (C=O) groups excluding carboxylic acids is 5. The second-order valence-corrected chi connectivity index (χ2v) is 15.7. The Bertz CT molecular complexity index is 1660. The van der Waals surface area contributed by atoms with E-state index < -0.39 is 96.7 Å². The van der Waals surface area contributed by atoms with Crippen LogP contribution >= 0.6 is 0 Å². The molecule has 2 saturated heterocycles. The van der Waals surface area contributed by atoms with E-state index in [2.05, 4.69) is 10.6 Å². The Labute approximate surface area is 325 Å². The molecule has 2 fully saturated rings. The number of likely N-dealkylation sites (tertiary alicyclic amines) is 1. The number of hydrogen-bond acceptors (Lipinski definition) is 14. The zero-order valence-corrected chi connectivity index (χ0v) is 32.4. The number of nitrogens with one attached hydrogen (secondary N) is 2. The van der Waals surface area contributed by atoms with E-state index >= 15 is 0 Å². The lowest BCUT2D eigenvalue weighted by Gasteiger charge is -2.38. The molecule has 17 heteroatoms. The molecule has 0 spiro atoms. The molecule has 2 aromatic rings. The quantitative estimate of drug-likeness (QED) is 0.102. The van der Waals surface area contributed by atoms with Gasteiger partial charge in [-0.2, -0.15) is 0 Å². The van der Waals surface area contributed by atoms with E-state index in [1.54, 1.807) is 84.0 Å². The molecule has 0 bridgehead atoms. The van der Waals surface area contributed by atoms with Crippen LogP contribution in [0, 0.1) is 0 Å². The van der Waals surface area contributed by atoms with Crippen molar-refractivity contribution in [3.8, 4) is 5.75 Å². The Balaban J connectivity index is 1.50. The standard InChI is InChI=1S/C39H53N3O14/c1-38(2,3)55-36(50)41-25(19-23-14-16-24(17-15-23)53-37(51)56-39(4,5)6)33(47)42-18-10-13-27(42)32(46)40-26(20-22-11-8-7-9-12-22)34(48)52-21-28-29(43)30(44)31(45)35(49)54-28/h7-9,11-12,14-17,25-31,35,43-45,49H,10,13,18-21H2,1-6H3,(H,40,46)(H,41,50)/t25-,26-,27-,28+,29+,30-,31+,35+/m0/s1. The first-order valence-electron chi connectivity index (χ1n) is 18.4. The van der Waals surface area contributed by atoms with Crippen LogP contribution < -0.4 is 15.4 Å². The molecule has 0 saturated carbocycles. The number of alkyl carbamates (subject to hydrolysis) is 1. The summed E-state index contributed by atoms with van der Waals surface area (Å²) in [6.45, 7) is 9.67. The number of amides is 3. The summed E-state index contributed by atoms with van der Waals surface area (Å²) in [5.74, 6) is -1.96. The molecule has 0 unspecified atom stereocenters. The van der Waals surface area contributed by atoms with Crippen LogP contribution in [0.2, 0.25) is 0 Å². The van der Waals surface area contributed by atoms with Gasteiger partial charge in [-0.25, -0.2) is 14.4 Å². The Morgan fingerprint density at radius 2 is 1.39 bits per heavy atom. The van der Waals surface area contributed by atoms with Crippen molar-refractivity contribution in [1.29, 1.82) is 0 Å². The number of aliphatic hydroxyl groups is 4. The number of carbonyl (C=O) groups is 5. The molecule has 2 heterocycles. The van der Waals surface area contributed by atoms with E-state index in [-0.39, 0.29) is 31.6 Å². The van der Waals surface area contributed by atoms with Crippen molar-refractivity contribution >= 4 is 30.0 Å². The number of nitrogens with zero attached hydrogens (tertiary/aromatic N) is 1. The molecule has 0 aliphatic carbocycles. The maximum absolute atomic E-state index is 14.2. The number of benzene rings is 2. The summed E-state index contributed by atoms with van der Waals surface area (Å²) in [6.07, 6.45) is -9.53. The molecule has 4 rings (SSSR count). The van der Waals surface area contributed by atoms with Gasteiger partial charge in [0.1, 0.15) is 66.1 Å². The molecule has 2 aromatic carbocycles. The minimum atomic E-state index is -1.84. The second kappa shape index (κ2) is 18.9. The summed E-state index contributed by atoms with van der Waals surface area (Å²) in [7, 11) is 0. The van der Waals surface area contributed by atoms with Crippen LogP contribution in [-0.4, -0.2) is 129 Å². The summed E-state index contributed by atoms with van der Waals surface area (Å²) in [4.78, 5) is 68.0. The van der Waals surface area contributed by atoms with E-state index in [9.17, 15) is 44.4 Å². The molecule has 8 atom stereocenters. The summed E-state index contributed by atoms with van der Waals surface area (Å²) < 4.78 is 26.3. The van der Waals surface area contributed by atoms with Crippen LogP contribution in [0.25, 0.3) is 0 Å². The van der Waals surface area contributed by atoms with Crippen LogP contribution in [0.15, 0.2) is 54.6 Å². The van der Waals surface area contributed by atoms with Gasteiger partial charge in [0.15, 0.2) is 6.29 Å². The summed E-state index contributed by atoms with van der Waals surface area (Å²) in [5, 5.41) is 45.3. The van der Waals surface area contributed by atoms with Gasteiger partial charge in [0.05, 0.1) is 0 Å². The normalized spacial score (nSPS) is 23.6. The van der Waals surface area contributed by atoms with Gasteiger partial charge in [0.25, 0.3) is 0 Å². The SMILES string of the molecule is CC(C)(C)OC(=O)N[C@@H](Cc1ccc(OC(=O)OC(C)(C)C)cc1)C(=O)N1CCC[C@H]1C(=O)N[C@@H](Cc1ccccc1)C(=O)OC[C@H]1O[C@@H](O)[C@H](O)[C@@H](O)[C@@H]1O. The van der Waals surface area contributed by atoms with Gasteiger partial charge in [0.2, 0.25) is 11.8 Å². The van der Waals surface area contributed by atoms with Gasteiger partial charge in [-0.05, 0) is 77.6 Å². The van der Waals surface area contributed by atoms with E-state index in [1.165, 1.54) is 17.0 Å². The third kappa shape index (κ3) is 12.9. The third-order valence-electron chi connectivity index (χ3n) is 8.74. The van der Waals surface area contributed by atoms with Crippen LogP contribution in [0.3, 0.4) is 0 Å². The Kier molecular flexibility index (Phi) is 14.8. The van der Waals surface area contributed by atoms with Crippen LogP contribution in [-0.2, 0) is 46.2 Å². The maximum atomic E-state index is 14.2. The fourth-order valence-corrected chi connectivity index (χ4v) is 6.09. The highest BCUT2D eigenvalue weighted by Gasteiger charge is 2.44. The van der Waals surface area contributed by atoms with Gasteiger partial charge < -0.3 is 59.6 Å². The van der Waals surface area contributed by atoms with Crippen molar-refractivity contribution in [3.63, 3.8) is 0 Å². The molecule has 0 radical (unpaired) electrons. The minimum absolute atomic E-state index is 0.0133. The van der Waals surface area contributed by atoms with Crippen LogP contribution in [0.5, 0.6) is 5.75 Å². The third-order valence-corrected chi connectivity index (χ3v) is 8.74. The topological polar surface area (TPSA) is 240 Å². The molecule has 17 nitrogen and oxygen atoms in total. The van der Waals surface area contributed by atoms with Crippen molar-refractivity contribution in [2.75, 3.05) is 13.2 Å². The van der Waals surface area contributed by atoms with Gasteiger partial charge in [-0.3, -0.25) is 9.59 Å².